The minimum absolute atomic E-state index is 0.193. The van der Waals surface area contributed by atoms with Crippen molar-refractivity contribution in [2.24, 2.45) is 0 Å². The molecule has 4 amide bonds. The van der Waals surface area contributed by atoms with Gasteiger partial charge in [0.2, 0.25) is 0 Å². The number of aromatic nitrogens is 8. The maximum Gasteiger partial charge on any atom is 0.412 e. The van der Waals surface area contributed by atoms with E-state index < -0.39 is 24.4 Å². The lowest BCUT2D eigenvalue weighted by Crippen LogP contribution is -2.30. The van der Waals surface area contributed by atoms with Gasteiger partial charge in [-0.25, -0.2) is 59.0 Å². The summed E-state index contributed by atoms with van der Waals surface area (Å²) >= 11 is 0. The highest BCUT2D eigenvalue weighted by molar-refractivity contribution is 5.88. The number of hydrogen-bond acceptors (Lipinski definition) is 18. The van der Waals surface area contributed by atoms with Gasteiger partial charge in [0.25, 0.3) is 0 Å². The van der Waals surface area contributed by atoms with Gasteiger partial charge in [0.05, 0.1) is 26.4 Å². The number of hydrogen-bond donors (Lipinski definition) is 4. The normalized spacial score (nSPS) is 11.3. The van der Waals surface area contributed by atoms with Crippen molar-refractivity contribution in [1.82, 2.24) is 49.7 Å². The van der Waals surface area contributed by atoms with Crippen LogP contribution in [0, 0.1) is 27.7 Å². The standard InChI is InChI=1S/C58H68N14O8/c1-39-13-17-43-21-25-47(63-51(43)59-39)67-55(73)77-35-9-31-71(32-10-36-78-56(74)68-48-26-22-44-18-14-40(2)60-52(44)64-48)29-7-5-6-8-30-72(33-11-37-79-57(75)69-49-27-23-45-19-15-41(3)61-53(45)65-49)34-12-38-80-58(76)70-50-28-24-46-20-16-42(4)62-54(46)66-50/h13-28H,5-12,29-38H2,1-4H3,(H,59,63,67,73)(H,60,64,68,74)(H,61,65,69,75)(H,62,66,70,76). The van der Waals surface area contributed by atoms with Crippen molar-refractivity contribution in [3.8, 4) is 0 Å². The molecule has 0 radical (unpaired) electrons. The summed E-state index contributed by atoms with van der Waals surface area (Å²) in [7, 11) is 0. The van der Waals surface area contributed by atoms with Crippen LogP contribution in [0.25, 0.3) is 44.1 Å². The molecule has 0 aliphatic heterocycles. The maximum atomic E-state index is 12.7. The minimum atomic E-state index is -0.600. The molecule has 4 N–H and O–H groups in total. The summed E-state index contributed by atoms with van der Waals surface area (Å²) in [4.78, 5) is 91.2. The second-order valence-electron chi connectivity index (χ2n) is 19.3. The number of nitrogens with one attached hydrogen (secondary N) is 4. The van der Waals surface area contributed by atoms with Crippen LogP contribution in [0.15, 0.2) is 97.1 Å². The van der Waals surface area contributed by atoms with E-state index in [-0.39, 0.29) is 26.4 Å². The first-order valence-electron chi connectivity index (χ1n) is 27.0. The van der Waals surface area contributed by atoms with Crippen molar-refractivity contribution in [3.63, 3.8) is 0 Å². The van der Waals surface area contributed by atoms with Gasteiger partial charge >= 0.3 is 24.4 Å². The van der Waals surface area contributed by atoms with Gasteiger partial charge in [0, 0.05) is 70.5 Å². The molecule has 8 aromatic heterocycles. The maximum absolute atomic E-state index is 12.7. The van der Waals surface area contributed by atoms with Crippen LogP contribution in [0.3, 0.4) is 0 Å². The number of nitrogens with zero attached hydrogens (tertiary/aromatic N) is 10. The number of pyridine rings is 8. The Morgan fingerprint density at radius 1 is 0.312 bits per heavy atom. The Balaban J connectivity index is 0.788. The molecule has 8 rings (SSSR count). The molecule has 80 heavy (non-hydrogen) atoms. The van der Waals surface area contributed by atoms with Crippen LogP contribution in [0.2, 0.25) is 0 Å². The highest BCUT2D eigenvalue weighted by atomic mass is 16.6. The van der Waals surface area contributed by atoms with Crippen molar-refractivity contribution in [1.29, 1.82) is 0 Å². The van der Waals surface area contributed by atoms with Crippen LogP contribution < -0.4 is 21.3 Å². The van der Waals surface area contributed by atoms with Gasteiger partial charge in [-0.05, 0) is 176 Å². The molecule has 0 saturated carbocycles. The monoisotopic (exact) mass is 1090 g/mol. The molecular weight excluding hydrogens is 1020 g/mol. The molecule has 0 aromatic carbocycles. The molecule has 0 fully saturated rings. The van der Waals surface area contributed by atoms with E-state index in [1.165, 1.54) is 0 Å². The number of ether oxygens (including phenoxy) is 4. The van der Waals surface area contributed by atoms with E-state index >= 15 is 0 Å². The quantitative estimate of drug-likeness (QED) is 0.0275. The smallest absolute Gasteiger partial charge is 0.412 e. The van der Waals surface area contributed by atoms with E-state index in [4.69, 9.17) is 18.9 Å². The summed E-state index contributed by atoms with van der Waals surface area (Å²) < 4.78 is 22.2. The third-order valence-electron chi connectivity index (χ3n) is 12.8. The highest BCUT2D eigenvalue weighted by Gasteiger charge is 2.14. The Kier molecular flexibility index (Phi) is 21.0. The Bertz CT molecular complexity index is 2970. The molecule has 22 heteroatoms. The number of amides is 4. The number of aryl methyl sites for hydroxylation is 4. The lowest BCUT2D eigenvalue weighted by molar-refractivity contribution is 0.140. The Morgan fingerprint density at radius 2 is 0.537 bits per heavy atom. The van der Waals surface area contributed by atoms with E-state index in [0.29, 0.717) is 97.7 Å². The highest BCUT2D eigenvalue weighted by Crippen LogP contribution is 2.19. The van der Waals surface area contributed by atoms with Gasteiger partial charge in [-0.3, -0.25) is 21.3 Å². The van der Waals surface area contributed by atoms with Crippen LogP contribution in [0.4, 0.5) is 42.4 Å². The molecule has 0 bridgehead atoms. The number of anilines is 4. The van der Waals surface area contributed by atoms with Gasteiger partial charge < -0.3 is 28.7 Å². The molecule has 0 unspecified atom stereocenters. The molecule has 0 aliphatic carbocycles. The van der Waals surface area contributed by atoms with Crippen LogP contribution >= 0.6 is 0 Å². The van der Waals surface area contributed by atoms with Gasteiger partial charge in [-0.1, -0.05) is 12.8 Å². The average molecular weight is 1090 g/mol. The second-order valence-corrected chi connectivity index (χ2v) is 19.3. The van der Waals surface area contributed by atoms with Gasteiger partial charge in [0.15, 0.2) is 22.6 Å². The van der Waals surface area contributed by atoms with Crippen molar-refractivity contribution in [2.75, 3.05) is 87.0 Å². The minimum Gasteiger partial charge on any atom is -0.449 e. The average Bonchev–Trinajstić information content (AvgIpc) is 3.43. The first-order valence-corrected chi connectivity index (χ1v) is 27.0. The lowest BCUT2D eigenvalue weighted by atomic mass is 10.1. The molecule has 0 spiro atoms. The van der Waals surface area contributed by atoms with Crippen LogP contribution in [0.5, 0.6) is 0 Å². The first kappa shape index (κ1) is 57.4. The summed E-state index contributed by atoms with van der Waals surface area (Å²) in [5.41, 5.74) is 5.46. The predicted octanol–water partition coefficient (Wildman–Crippen LogP) is 10.7. The molecule has 0 saturated heterocycles. The second kappa shape index (κ2) is 29.3. The van der Waals surface area contributed by atoms with Crippen molar-refractivity contribution in [3.05, 3.63) is 120 Å². The summed E-state index contributed by atoms with van der Waals surface area (Å²) in [6, 6.07) is 29.6. The van der Waals surface area contributed by atoms with Crippen molar-refractivity contribution in [2.45, 2.75) is 79.1 Å². The Morgan fingerprint density at radius 3 is 0.787 bits per heavy atom. The fourth-order valence-corrected chi connectivity index (χ4v) is 8.72. The third-order valence-corrected chi connectivity index (χ3v) is 12.8. The topological polar surface area (TPSA) is 263 Å². The summed E-state index contributed by atoms with van der Waals surface area (Å²) in [5, 5.41) is 14.3. The van der Waals surface area contributed by atoms with Crippen LogP contribution in [-0.4, -0.2) is 140 Å². The van der Waals surface area contributed by atoms with E-state index in [9.17, 15) is 19.2 Å². The summed E-state index contributed by atoms with van der Waals surface area (Å²) in [5.74, 6) is 1.42. The SMILES string of the molecule is Cc1ccc2ccc(NC(=O)OCCCN(CCCCCCN(CCCOC(=O)Nc3ccc4ccc(C)nc4n3)CCCOC(=O)Nc3ccc4ccc(C)nc4n3)CCCOC(=O)Nc3ccc4ccc(C)nc4n3)nc2n1. The predicted molar refractivity (Wildman–Crippen MR) is 307 cm³/mol. The number of fused-ring (bicyclic) bond motifs is 4. The van der Waals surface area contributed by atoms with E-state index in [2.05, 4.69) is 70.9 Å². The molecule has 22 nitrogen and oxygen atoms in total. The molecule has 0 aliphatic rings. The van der Waals surface area contributed by atoms with E-state index in [1.54, 1.807) is 24.3 Å². The number of carbonyl (C=O) groups is 4. The lowest BCUT2D eigenvalue weighted by Gasteiger charge is -2.23. The van der Waals surface area contributed by atoms with Gasteiger partial charge in [-0.15, -0.1) is 0 Å². The fourth-order valence-electron chi connectivity index (χ4n) is 8.72. The zero-order valence-corrected chi connectivity index (χ0v) is 45.7. The molecule has 8 aromatic rings. The summed E-state index contributed by atoms with van der Waals surface area (Å²) in [6.07, 6.45) is 3.71. The zero-order chi connectivity index (χ0) is 56.1. The molecular formula is C58H68N14O8. The van der Waals surface area contributed by atoms with E-state index in [0.717, 1.165) is 83.1 Å². The Hall–Kier alpha value is -8.76. The summed E-state index contributed by atoms with van der Waals surface area (Å²) in [6.45, 7) is 12.5. The number of rotatable bonds is 27. The molecule has 0 atom stereocenters. The largest absolute Gasteiger partial charge is 0.449 e. The van der Waals surface area contributed by atoms with Crippen LogP contribution in [0.1, 0.15) is 74.1 Å². The zero-order valence-electron chi connectivity index (χ0n) is 45.7. The first-order chi connectivity index (χ1) is 38.9. The molecule has 418 valence electrons. The van der Waals surface area contributed by atoms with Crippen molar-refractivity contribution >= 4 is 91.8 Å². The van der Waals surface area contributed by atoms with Crippen LogP contribution in [-0.2, 0) is 18.9 Å². The Labute approximate surface area is 463 Å². The van der Waals surface area contributed by atoms with E-state index in [1.807, 2.05) is 100 Å². The molecule has 8 heterocycles. The number of carbonyl (C=O) groups excluding carboxylic acids is 4. The van der Waals surface area contributed by atoms with Gasteiger partial charge in [0.1, 0.15) is 23.3 Å². The van der Waals surface area contributed by atoms with Gasteiger partial charge in [-0.2, -0.15) is 0 Å². The fraction of sp³-hybridized carbons (Fsp3) is 0.379. The number of unbranched alkanes of at least 4 members (excludes halogenated alkanes) is 3. The third kappa shape index (κ3) is 18.4. The van der Waals surface area contributed by atoms with Crippen molar-refractivity contribution < 1.29 is 38.1 Å².